The molecule has 1 N–H and O–H groups in total. The molecule has 0 fully saturated rings. The Hall–Kier alpha value is -3.19. The highest BCUT2D eigenvalue weighted by molar-refractivity contribution is 7.92. The van der Waals surface area contributed by atoms with E-state index in [1.54, 1.807) is 42.5 Å². The molecule has 3 aromatic carbocycles. The summed E-state index contributed by atoms with van der Waals surface area (Å²) in [7, 11) is -3.96. The van der Waals surface area contributed by atoms with Crippen LogP contribution in [0.4, 0.5) is 10.1 Å². The van der Waals surface area contributed by atoms with E-state index in [1.165, 1.54) is 12.1 Å². The molecule has 0 saturated carbocycles. The monoisotopic (exact) mass is 454 g/mol. The van der Waals surface area contributed by atoms with Gasteiger partial charge in [-0.25, -0.2) is 12.8 Å². The summed E-state index contributed by atoms with van der Waals surface area (Å²) in [5, 5.41) is 2.77. The fraction of sp³-hybridized carbons (Fsp3) is 0.240. The van der Waals surface area contributed by atoms with Crippen LogP contribution >= 0.6 is 0 Å². The molecule has 3 aromatic rings. The van der Waals surface area contributed by atoms with Gasteiger partial charge in [-0.05, 0) is 74.2 Å². The average molecular weight is 455 g/mol. The van der Waals surface area contributed by atoms with E-state index in [9.17, 15) is 17.6 Å². The summed E-state index contributed by atoms with van der Waals surface area (Å²) >= 11 is 0. The zero-order valence-corrected chi connectivity index (χ0v) is 19.2. The summed E-state index contributed by atoms with van der Waals surface area (Å²) in [4.78, 5) is 12.9. The number of halogens is 1. The zero-order chi connectivity index (χ0) is 23.3. The van der Waals surface area contributed by atoms with Crippen molar-refractivity contribution in [2.45, 2.75) is 32.1 Å². The molecule has 0 spiro atoms. The van der Waals surface area contributed by atoms with Gasteiger partial charge in [0.15, 0.2) is 0 Å². The molecule has 5 nitrogen and oxygen atoms in total. The second-order valence-corrected chi connectivity index (χ2v) is 9.70. The van der Waals surface area contributed by atoms with E-state index < -0.39 is 15.9 Å². The number of nitrogens with one attached hydrogen (secondary N) is 1. The number of anilines is 1. The van der Waals surface area contributed by atoms with E-state index in [0.29, 0.717) is 18.7 Å². The largest absolute Gasteiger partial charge is 0.354 e. The van der Waals surface area contributed by atoms with Crippen molar-refractivity contribution in [1.82, 2.24) is 5.32 Å². The lowest BCUT2D eigenvalue weighted by Crippen LogP contribution is -2.41. The molecule has 0 atom stereocenters. The number of hydrogen-bond donors (Lipinski definition) is 1. The van der Waals surface area contributed by atoms with Crippen LogP contribution in [-0.4, -0.2) is 27.4 Å². The Morgan fingerprint density at radius 1 is 0.906 bits per heavy atom. The van der Waals surface area contributed by atoms with Gasteiger partial charge in [0.2, 0.25) is 5.91 Å². The molecule has 0 radical (unpaired) electrons. The number of sulfonamides is 1. The van der Waals surface area contributed by atoms with E-state index in [-0.39, 0.29) is 17.3 Å². The van der Waals surface area contributed by atoms with Crippen molar-refractivity contribution < 1.29 is 17.6 Å². The summed E-state index contributed by atoms with van der Waals surface area (Å²) in [6, 6.07) is 18.1. The van der Waals surface area contributed by atoms with Crippen molar-refractivity contribution in [3.05, 3.63) is 94.8 Å². The molecule has 0 aliphatic heterocycles. The number of nitrogens with zero attached hydrogens (tertiary/aromatic N) is 1. The van der Waals surface area contributed by atoms with Crippen LogP contribution in [0.25, 0.3) is 0 Å². The maximum Gasteiger partial charge on any atom is 0.264 e. The Labute approximate surface area is 188 Å². The van der Waals surface area contributed by atoms with Crippen LogP contribution in [0.15, 0.2) is 71.6 Å². The molecule has 0 unspecified atom stereocenters. The van der Waals surface area contributed by atoms with Crippen LogP contribution in [0.2, 0.25) is 0 Å². The Morgan fingerprint density at radius 2 is 1.53 bits per heavy atom. The van der Waals surface area contributed by atoms with Gasteiger partial charge in [0.25, 0.3) is 10.0 Å². The number of amides is 1. The van der Waals surface area contributed by atoms with Gasteiger partial charge in [-0.3, -0.25) is 9.10 Å². The minimum Gasteiger partial charge on any atom is -0.354 e. The molecular formula is C25H27FN2O3S. The molecule has 0 aliphatic rings. The lowest BCUT2D eigenvalue weighted by Gasteiger charge is -2.26. The molecular weight excluding hydrogens is 427 g/mol. The van der Waals surface area contributed by atoms with Crippen LogP contribution < -0.4 is 9.62 Å². The molecule has 3 rings (SSSR count). The predicted molar refractivity (Wildman–Crippen MR) is 125 cm³/mol. The number of aryl methyl sites for hydroxylation is 3. The SMILES string of the molecule is Cc1ccc(S(=O)(=O)N(CC(=O)NCCc2ccc(F)cc2)c2cc(C)ccc2C)cc1. The van der Waals surface area contributed by atoms with Crippen LogP contribution in [0, 0.1) is 26.6 Å². The van der Waals surface area contributed by atoms with E-state index in [1.807, 2.05) is 32.9 Å². The van der Waals surface area contributed by atoms with Crippen LogP contribution in [-0.2, 0) is 21.2 Å². The number of rotatable bonds is 8. The number of carbonyl (C=O) groups excluding carboxylic acids is 1. The first-order valence-corrected chi connectivity index (χ1v) is 11.8. The number of hydrogen-bond acceptors (Lipinski definition) is 3. The molecule has 168 valence electrons. The van der Waals surface area contributed by atoms with Crippen molar-refractivity contribution in [1.29, 1.82) is 0 Å². The predicted octanol–water partition coefficient (Wildman–Crippen LogP) is 4.31. The fourth-order valence-electron chi connectivity index (χ4n) is 3.31. The minimum absolute atomic E-state index is 0.128. The smallest absolute Gasteiger partial charge is 0.264 e. The summed E-state index contributed by atoms with van der Waals surface area (Å²) in [5.74, 6) is -0.730. The Kier molecular flexibility index (Phi) is 7.30. The topological polar surface area (TPSA) is 66.5 Å². The Bertz CT molecular complexity index is 1190. The van der Waals surface area contributed by atoms with E-state index in [4.69, 9.17) is 0 Å². The van der Waals surface area contributed by atoms with E-state index in [0.717, 1.165) is 26.6 Å². The first-order chi connectivity index (χ1) is 15.2. The molecule has 0 heterocycles. The first kappa shape index (κ1) is 23.5. The van der Waals surface area contributed by atoms with Gasteiger partial charge in [0, 0.05) is 6.54 Å². The highest BCUT2D eigenvalue weighted by atomic mass is 32.2. The van der Waals surface area contributed by atoms with Crippen molar-refractivity contribution >= 4 is 21.6 Å². The lowest BCUT2D eigenvalue weighted by atomic mass is 10.1. The standard InChI is InChI=1S/C25H27FN2O3S/c1-18-5-12-23(13-6-18)32(30,31)28(24-16-19(2)4-7-20(24)3)17-25(29)27-15-14-21-8-10-22(26)11-9-21/h4-13,16H,14-15,17H2,1-3H3,(H,27,29). The second kappa shape index (κ2) is 9.96. The molecule has 0 aromatic heterocycles. The fourth-order valence-corrected chi connectivity index (χ4v) is 4.79. The van der Waals surface area contributed by atoms with Crippen LogP contribution in [0.5, 0.6) is 0 Å². The summed E-state index contributed by atoms with van der Waals surface area (Å²) in [6.07, 6.45) is 0.514. The van der Waals surface area contributed by atoms with E-state index in [2.05, 4.69) is 5.32 Å². The molecule has 0 bridgehead atoms. The number of carbonyl (C=O) groups is 1. The van der Waals surface area contributed by atoms with Gasteiger partial charge < -0.3 is 5.32 Å². The van der Waals surface area contributed by atoms with E-state index >= 15 is 0 Å². The van der Waals surface area contributed by atoms with Crippen LogP contribution in [0.3, 0.4) is 0 Å². The van der Waals surface area contributed by atoms with Crippen LogP contribution in [0.1, 0.15) is 22.3 Å². The third-order valence-electron chi connectivity index (χ3n) is 5.18. The molecule has 0 aliphatic carbocycles. The molecule has 32 heavy (non-hydrogen) atoms. The van der Waals surface area contributed by atoms with Gasteiger partial charge in [0.1, 0.15) is 12.4 Å². The van der Waals surface area contributed by atoms with Crippen molar-refractivity contribution in [3.8, 4) is 0 Å². The average Bonchev–Trinajstić information content (AvgIpc) is 2.75. The van der Waals surface area contributed by atoms with Gasteiger partial charge in [-0.1, -0.05) is 42.0 Å². The lowest BCUT2D eigenvalue weighted by molar-refractivity contribution is -0.119. The maximum absolute atomic E-state index is 13.5. The highest BCUT2D eigenvalue weighted by Crippen LogP contribution is 2.28. The molecule has 0 saturated heterocycles. The van der Waals surface area contributed by atoms with Gasteiger partial charge in [-0.15, -0.1) is 0 Å². The Balaban J connectivity index is 1.82. The van der Waals surface area contributed by atoms with Crippen molar-refractivity contribution in [3.63, 3.8) is 0 Å². The third kappa shape index (κ3) is 5.73. The van der Waals surface area contributed by atoms with Gasteiger partial charge >= 0.3 is 0 Å². The summed E-state index contributed by atoms with van der Waals surface area (Å²) in [5.41, 5.74) is 3.95. The normalized spacial score (nSPS) is 11.2. The third-order valence-corrected chi connectivity index (χ3v) is 6.95. The first-order valence-electron chi connectivity index (χ1n) is 10.3. The van der Waals surface area contributed by atoms with Gasteiger partial charge in [0.05, 0.1) is 10.6 Å². The van der Waals surface area contributed by atoms with Crippen molar-refractivity contribution in [2.75, 3.05) is 17.4 Å². The zero-order valence-electron chi connectivity index (χ0n) is 18.4. The summed E-state index contributed by atoms with van der Waals surface area (Å²) < 4.78 is 41.2. The quantitative estimate of drug-likeness (QED) is 0.552. The Morgan fingerprint density at radius 3 is 2.19 bits per heavy atom. The maximum atomic E-state index is 13.5. The molecule has 1 amide bonds. The minimum atomic E-state index is -3.96. The second-order valence-electron chi connectivity index (χ2n) is 7.84. The molecule has 7 heteroatoms. The summed E-state index contributed by atoms with van der Waals surface area (Å²) in [6.45, 7) is 5.55. The highest BCUT2D eigenvalue weighted by Gasteiger charge is 2.28. The van der Waals surface area contributed by atoms with Gasteiger partial charge in [-0.2, -0.15) is 0 Å². The number of benzene rings is 3. The van der Waals surface area contributed by atoms with Crippen molar-refractivity contribution in [2.24, 2.45) is 0 Å².